The minimum absolute atomic E-state index is 0.0703. The molecule has 2 heterocycles. The van der Waals surface area contributed by atoms with Crippen LogP contribution in [0.1, 0.15) is 56.9 Å². The van der Waals surface area contributed by atoms with E-state index in [9.17, 15) is 43.8 Å². The number of aliphatic carboxylic acids is 1. The molecular weight excluding hydrogens is 590 g/mol. The van der Waals surface area contributed by atoms with Gasteiger partial charge in [0.15, 0.2) is 0 Å². The van der Waals surface area contributed by atoms with Gasteiger partial charge in [0.25, 0.3) is 0 Å². The second-order valence-corrected chi connectivity index (χ2v) is 11.3. The van der Waals surface area contributed by atoms with Crippen molar-refractivity contribution in [1.29, 1.82) is 0 Å². The smallest absolute Gasteiger partial charge is 0.326 e. The lowest BCUT2D eigenvalue weighted by Crippen LogP contribution is -2.58. The zero-order valence-corrected chi connectivity index (χ0v) is 24.9. The predicted octanol–water partition coefficient (Wildman–Crippen LogP) is -2.17. The van der Waals surface area contributed by atoms with Crippen LogP contribution in [0.5, 0.6) is 5.75 Å². The summed E-state index contributed by atoms with van der Waals surface area (Å²) in [6, 6.07) is 0.633. The van der Waals surface area contributed by atoms with Crippen LogP contribution in [0.3, 0.4) is 0 Å². The van der Waals surface area contributed by atoms with Crippen LogP contribution in [0.25, 0.3) is 0 Å². The Labute approximate surface area is 259 Å². The van der Waals surface area contributed by atoms with Gasteiger partial charge in [-0.1, -0.05) is 12.1 Å². The van der Waals surface area contributed by atoms with Crippen molar-refractivity contribution in [2.75, 3.05) is 13.1 Å². The Morgan fingerprint density at radius 1 is 0.778 bits per heavy atom. The number of nitrogens with zero attached hydrogens (tertiary/aromatic N) is 2. The van der Waals surface area contributed by atoms with E-state index in [2.05, 4.69) is 10.6 Å². The molecule has 2 aliphatic rings. The van der Waals surface area contributed by atoms with Crippen molar-refractivity contribution in [3.05, 3.63) is 29.8 Å². The molecule has 0 saturated carbocycles. The third-order valence-electron chi connectivity index (χ3n) is 7.97. The zero-order valence-electron chi connectivity index (χ0n) is 24.9. The van der Waals surface area contributed by atoms with Gasteiger partial charge in [0.05, 0.1) is 6.04 Å². The lowest BCUT2D eigenvalue weighted by Gasteiger charge is -2.31. The summed E-state index contributed by atoms with van der Waals surface area (Å²) < 4.78 is 0. The van der Waals surface area contributed by atoms with E-state index >= 15 is 0 Å². The zero-order chi connectivity index (χ0) is 33.3. The van der Waals surface area contributed by atoms with Crippen LogP contribution in [0, 0.1) is 0 Å². The molecule has 246 valence electrons. The van der Waals surface area contributed by atoms with E-state index in [1.165, 1.54) is 21.9 Å². The molecular formula is C29H41N7O9. The number of carboxylic acids is 1. The molecule has 5 atom stereocenters. The highest BCUT2D eigenvalue weighted by molar-refractivity contribution is 5.96. The minimum Gasteiger partial charge on any atom is -0.508 e. The van der Waals surface area contributed by atoms with Crippen molar-refractivity contribution in [2.45, 2.75) is 88.0 Å². The molecule has 0 bridgehead atoms. The van der Waals surface area contributed by atoms with E-state index in [0.717, 1.165) is 5.56 Å². The van der Waals surface area contributed by atoms with Crippen LogP contribution >= 0.6 is 0 Å². The maximum absolute atomic E-state index is 13.7. The summed E-state index contributed by atoms with van der Waals surface area (Å²) in [4.78, 5) is 90.4. The standard InChI is InChI=1S/C29H41N7O9/c30-18(15-16-5-7-17(37)8-6-16)27(42)35-13-1-3-21(35)25(40)33-19(9-11-23(31)38)28(43)36-14-2-4-22(36)26(41)34-20(29(44)45)10-12-24(32)39/h5-8,18-22,37H,1-4,9-15,30H2,(H2,31,38)(H2,32,39)(H,33,40)(H,34,41)(H,44,45). The number of benzene rings is 1. The number of carbonyl (C=O) groups is 7. The molecule has 45 heavy (non-hydrogen) atoms. The number of hydrogen-bond acceptors (Lipinski definition) is 9. The molecule has 16 heteroatoms. The lowest BCUT2D eigenvalue weighted by molar-refractivity contribution is -0.145. The summed E-state index contributed by atoms with van der Waals surface area (Å²) in [5.41, 5.74) is 17.3. The van der Waals surface area contributed by atoms with Crippen molar-refractivity contribution in [3.8, 4) is 5.75 Å². The van der Waals surface area contributed by atoms with Crippen molar-refractivity contribution in [1.82, 2.24) is 20.4 Å². The molecule has 0 spiro atoms. The number of hydrogen-bond donors (Lipinski definition) is 7. The SMILES string of the molecule is NC(=O)CCC(NC(=O)C1CCCN1C(=O)C(CCC(N)=O)NC(=O)C1CCCN1C(=O)C(N)Cc1ccc(O)cc1)C(=O)O. The van der Waals surface area contributed by atoms with Gasteiger partial charge in [-0.25, -0.2) is 4.79 Å². The number of aromatic hydroxyl groups is 1. The first-order valence-corrected chi connectivity index (χ1v) is 14.8. The molecule has 0 aliphatic carbocycles. The van der Waals surface area contributed by atoms with Crippen molar-refractivity contribution in [3.63, 3.8) is 0 Å². The lowest BCUT2D eigenvalue weighted by atomic mass is 10.0. The van der Waals surface area contributed by atoms with Crippen LogP contribution in [-0.2, 0) is 40.0 Å². The van der Waals surface area contributed by atoms with E-state index < -0.39 is 71.6 Å². The highest BCUT2D eigenvalue weighted by Crippen LogP contribution is 2.23. The van der Waals surface area contributed by atoms with Crippen LogP contribution < -0.4 is 27.8 Å². The molecule has 1 aromatic rings. The molecule has 3 rings (SSSR count). The molecule has 16 nitrogen and oxygen atoms in total. The summed E-state index contributed by atoms with van der Waals surface area (Å²) in [6.45, 7) is 0.411. The summed E-state index contributed by atoms with van der Waals surface area (Å²) in [5, 5.41) is 23.9. The first-order valence-electron chi connectivity index (χ1n) is 14.8. The number of rotatable bonds is 15. The molecule has 0 aromatic heterocycles. The van der Waals surface area contributed by atoms with Gasteiger partial charge in [-0.15, -0.1) is 0 Å². The van der Waals surface area contributed by atoms with E-state index in [-0.39, 0.29) is 57.4 Å². The van der Waals surface area contributed by atoms with Gasteiger partial charge in [0.2, 0.25) is 35.4 Å². The molecule has 0 radical (unpaired) electrons. The number of carbonyl (C=O) groups excluding carboxylic acids is 6. The maximum atomic E-state index is 13.7. The van der Waals surface area contributed by atoms with Crippen LogP contribution in [0.4, 0.5) is 0 Å². The molecule has 5 unspecified atom stereocenters. The van der Waals surface area contributed by atoms with Gasteiger partial charge in [0.1, 0.15) is 29.9 Å². The molecule has 2 aliphatic heterocycles. The van der Waals surface area contributed by atoms with Gasteiger partial charge in [-0.3, -0.25) is 28.8 Å². The molecule has 10 N–H and O–H groups in total. The van der Waals surface area contributed by atoms with Gasteiger partial charge >= 0.3 is 5.97 Å². The van der Waals surface area contributed by atoms with E-state index in [1.54, 1.807) is 12.1 Å². The van der Waals surface area contributed by atoms with Crippen molar-refractivity contribution in [2.24, 2.45) is 17.2 Å². The Hall–Kier alpha value is -4.73. The van der Waals surface area contributed by atoms with Crippen LogP contribution in [0.15, 0.2) is 24.3 Å². The van der Waals surface area contributed by atoms with Gasteiger partial charge in [0, 0.05) is 25.9 Å². The molecule has 2 fully saturated rings. The first-order chi connectivity index (χ1) is 21.3. The predicted molar refractivity (Wildman–Crippen MR) is 158 cm³/mol. The highest BCUT2D eigenvalue weighted by Gasteiger charge is 2.41. The Kier molecular flexibility index (Phi) is 12.2. The van der Waals surface area contributed by atoms with Gasteiger partial charge < -0.3 is 47.8 Å². The number of phenolic OH excluding ortho intramolecular Hbond substituents is 1. The summed E-state index contributed by atoms with van der Waals surface area (Å²) in [7, 11) is 0. The number of carboxylic acid groups (broad SMARTS) is 1. The van der Waals surface area contributed by atoms with Crippen molar-refractivity contribution < 1.29 is 43.8 Å². The maximum Gasteiger partial charge on any atom is 0.326 e. The topological polar surface area (TPSA) is 269 Å². The Bertz CT molecular complexity index is 1290. The normalized spacial score (nSPS) is 19.8. The first kappa shape index (κ1) is 34.8. The molecule has 1 aromatic carbocycles. The number of nitrogens with one attached hydrogen (secondary N) is 2. The summed E-state index contributed by atoms with van der Waals surface area (Å²) in [6.07, 6.45) is 0.734. The van der Waals surface area contributed by atoms with E-state index in [4.69, 9.17) is 17.2 Å². The second-order valence-electron chi connectivity index (χ2n) is 11.3. The average molecular weight is 632 g/mol. The summed E-state index contributed by atoms with van der Waals surface area (Å²) >= 11 is 0. The van der Waals surface area contributed by atoms with Gasteiger partial charge in [-0.2, -0.15) is 0 Å². The number of phenols is 1. The monoisotopic (exact) mass is 631 g/mol. The third kappa shape index (κ3) is 9.63. The van der Waals surface area contributed by atoms with E-state index in [1.807, 2.05) is 0 Å². The Morgan fingerprint density at radius 2 is 1.24 bits per heavy atom. The van der Waals surface area contributed by atoms with Crippen molar-refractivity contribution >= 4 is 41.4 Å². The second kappa shape index (κ2) is 15.8. The molecule has 2 saturated heterocycles. The highest BCUT2D eigenvalue weighted by atomic mass is 16.4. The number of amides is 6. The largest absolute Gasteiger partial charge is 0.508 e. The van der Waals surface area contributed by atoms with Gasteiger partial charge in [-0.05, 0) is 62.6 Å². The third-order valence-corrected chi connectivity index (χ3v) is 7.97. The fraction of sp³-hybridized carbons (Fsp3) is 0.552. The fourth-order valence-corrected chi connectivity index (χ4v) is 5.62. The van der Waals surface area contributed by atoms with E-state index in [0.29, 0.717) is 19.3 Å². The number of likely N-dealkylation sites (tertiary alicyclic amines) is 2. The quantitative estimate of drug-likeness (QED) is 0.110. The summed E-state index contributed by atoms with van der Waals surface area (Å²) in [5.74, 6) is -5.23. The number of nitrogens with two attached hydrogens (primary N) is 3. The minimum atomic E-state index is -1.40. The van der Waals surface area contributed by atoms with Crippen LogP contribution in [-0.4, -0.2) is 105 Å². The average Bonchev–Trinajstić information content (AvgIpc) is 3.68. The Morgan fingerprint density at radius 3 is 1.73 bits per heavy atom. The molecule has 6 amide bonds. The van der Waals surface area contributed by atoms with Crippen LogP contribution in [0.2, 0.25) is 0 Å². The number of primary amides is 2. The fourth-order valence-electron chi connectivity index (χ4n) is 5.62. The Balaban J connectivity index is 1.70.